The third kappa shape index (κ3) is 6.17. The molecule has 1 amide bonds. The minimum Gasteiger partial charge on any atom is -0.497 e. The minimum atomic E-state index is -4.78. The van der Waals surface area contributed by atoms with Gasteiger partial charge in [-0.25, -0.2) is 10.4 Å². The molecule has 166 valence electrons. The highest BCUT2D eigenvalue weighted by molar-refractivity contribution is 5.93. The van der Waals surface area contributed by atoms with Gasteiger partial charge < -0.3 is 14.2 Å². The highest BCUT2D eigenvalue weighted by Gasteiger charge is 2.31. The topological polar surface area (TPSA) is 94.9 Å². The molecular formula is C21H17F3N4O4. The molecule has 0 fully saturated rings. The van der Waals surface area contributed by atoms with E-state index in [1.54, 1.807) is 18.2 Å². The van der Waals surface area contributed by atoms with Gasteiger partial charge in [-0.05, 0) is 36.4 Å². The number of nitrogens with zero attached hydrogens (tertiary/aromatic N) is 3. The number of hydrazone groups is 1. The molecule has 0 unspecified atom stereocenters. The van der Waals surface area contributed by atoms with Crippen LogP contribution in [0.4, 0.5) is 13.2 Å². The number of benzene rings is 2. The Bertz CT molecular complexity index is 1100. The van der Waals surface area contributed by atoms with Crippen LogP contribution in [0.3, 0.4) is 0 Å². The zero-order chi connectivity index (χ0) is 23.1. The van der Waals surface area contributed by atoms with Crippen molar-refractivity contribution in [2.45, 2.75) is 6.36 Å². The number of hydrogen-bond acceptors (Lipinski definition) is 7. The van der Waals surface area contributed by atoms with E-state index in [9.17, 15) is 18.0 Å². The molecule has 0 saturated carbocycles. The van der Waals surface area contributed by atoms with E-state index < -0.39 is 12.3 Å². The van der Waals surface area contributed by atoms with E-state index in [0.717, 1.165) is 12.1 Å². The molecule has 3 aromatic rings. The van der Waals surface area contributed by atoms with Gasteiger partial charge in [-0.15, -0.1) is 13.2 Å². The van der Waals surface area contributed by atoms with E-state index in [-0.39, 0.29) is 17.1 Å². The highest BCUT2D eigenvalue weighted by Crippen LogP contribution is 2.25. The van der Waals surface area contributed by atoms with Gasteiger partial charge in [-0.1, -0.05) is 0 Å². The van der Waals surface area contributed by atoms with Crippen LogP contribution in [-0.4, -0.2) is 42.7 Å². The molecule has 0 atom stereocenters. The largest absolute Gasteiger partial charge is 0.573 e. The Morgan fingerprint density at radius 2 is 1.66 bits per heavy atom. The third-order valence-electron chi connectivity index (χ3n) is 4.00. The van der Waals surface area contributed by atoms with Gasteiger partial charge in [0.25, 0.3) is 5.91 Å². The molecule has 0 aliphatic carbocycles. The molecule has 0 aliphatic heterocycles. The fourth-order valence-electron chi connectivity index (χ4n) is 2.57. The first-order chi connectivity index (χ1) is 15.3. The zero-order valence-electron chi connectivity index (χ0n) is 16.9. The summed E-state index contributed by atoms with van der Waals surface area (Å²) < 4.78 is 51.0. The van der Waals surface area contributed by atoms with Crippen molar-refractivity contribution in [1.82, 2.24) is 15.4 Å². The lowest BCUT2D eigenvalue weighted by atomic mass is 10.1. The summed E-state index contributed by atoms with van der Waals surface area (Å²) >= 11 is 0. The average Bonchev–Trinajstić information content (AvgIpc) is 2.78. The predicted octanol–water partition coefficient (Wildman–Crippen LogP) is 3.82. The molecule has 0 aliphatic rings. The maximum Gasteiger partial charge on any atom is 0.573 e. The Balaban J connectivity index is 1.70. The Morgan fingerprint density at radius 3 is 2.25 bits per heavy atom. The molecule has 1 heterocycles. The van der Waals surface area contributed by atoms with Gasteiger partial charge in [0.1, 0.15) is 22.9 Å². The van der Waals surface area contributed by atoms with Crippen LogP contribution < -0.4 is 19.6 Å². The van der Waals surface area contributed by atoms with E-state index in [1.807, 2.05) is 0 Å². The molecule has 2 aromatic carbocycles. The van der Waals surface area contributed by atoms with Gasteiger partial charge in [0.15, 0.2) is 0 Å². The van der Waals surface area contributed by atoms with Crippen molar-refractivity contribution in [3.05, 3.63) is 66.1 Å². The molecule has 32 heavy (non-hydrogen) atoms. The number of alkyl halides is 3. The molecule has 8 nitrogen and oxygen atoms in total. The van der Waals surface area contributed by atoms with E-state index in [4.69, 9.17) is 9.47 Å². The third-order valence-corrected chi connectivity index (χ3v) is 4.00. The number of amides is 1. The maximum absolute atomic E-state index is 12.4. The van der Waals surface area contributed by atoms with Crippen molar-refractivity contribution < 1.29 is 32.2 Å². The van der Waals surface area contributed by atoms with Crippen LogP contribution in [0.25, 0.3) is 11.3 Å². The lowest BCUT2D eigenvalue weighted by molar-refractivity contribution is -0.274. The highest BCUT2D eigenvalue weighted by atomic mass is 19.4. The molecule has 0 spiro atoms. The Labute approximate surface area is 180 Å². The van der Waals surface area contributed by atoms with Crippen LogP contribution >= 0.6 is 0 Å². The minimum absolute atomic E-state index is 0.0292. The number of methoxy groups -OCH3 is 2. The number of nitrogens with one attached hydrogen (secondary N) is 1. The molecule has 0 radical (unpaired) electrons. The maximum atomic E-state index is 12.4. The van der Waals surface area contributed by atoms with Crippen molar-refractivity contribution in [2.24, 2.45) is 5.10 Å². The van der Waals surface area contributed by atoms with Crippen LogP contribution in [0.1, 0.15) is 16.1 Å². The van der Waals surface area contributed by atoms with Gasteiger partial charge in [-0.2, -0.15) is 5.10 Å². The quantitative estimate of drug-likeness (QED) is 0.438. The van der Waals surface area contributed by atoms with Crippen LogP contribution in [-0.2, 0) is 0 Å². The number of ether oxygens (including phenoxy) is 3. The van der Waals surface area contributed by atoms with Crippen LogP contribution in [0.2, 0.25) is 0 Å². The first-order valence-electron chi connectivity index (χ1n) is 9.02. The van der Waals surface area contributed by atoms with E-state index in [1.165, 1.54) is 45.0 Å². The number of aromatic nitrogens is 2. The summed E-state index contributed by atoms with van der Waals surface area (Å²) in [5.74, 6) is 0.124. The average molecular weight is 446 g/mol. The van der Waals surface area contributed by atoms with Gasteiger partial charge >= 0.3 is 6.36 Å². The Kier molecular flexibility index (Phi) is 6.88. The van der Waals surface area contributed by atoms with E-state index in [0.29, 0.717) is 22.6 Å². The first kappa shape index (κ1) is 22.5. The Morgan fingerprint density at radius 1 is 1.00 bits per heavy atom. The second kappa shape index (κ2) is 9.77. The summed E-state index contributed by atoms with van der Waals surface area (Å²) in [4.78, 5) is 20.5. The van der Waals surface area contributed by atoms with Crippen molar-refractivity contribution >= 4 is 12.1 Å². The SMILES string of the molecule is COc1cc(/C=N/NC(=O)c2cncc(-c3ccc(OC(F)(F)F)cc3)n2)cc(OC)c1. The summed E-state index contributed by atoms with van der Waals surface area (Å²) in [6.45, 7) is 0. The van der Waals surface area contributed by atoms with Crippen LogP contribution in [0.15, 0.2) is 60.0 Å². The second-order valence-electron chi connectivity index (χ2n) is 6.21. The standard InChI is InChI=1S/C21H17F3N4O4/c1-30-16-7-13(8-17(9-16)31-2)10-26-28-20(29)19-12-25-11-18(27-19)14-3-5-15(6-4-14)32-21(22,23)24/h3-12H,1-2H3,(H,28,29)/b26-10+. The second-order valence-corrected chi connectivity index (χ2v) is 6.21. The number of hydrogen-bond donors (Lipinski definition) is 1. The smallest absolute Gasteiger partial charge is 0.497 e. The van der Waals surface area contributed by atoms with Crippen molar-refractivity contribution in [3.63, 3.8) is 0 Å². The normalized spacial score (nSPS) is 11.3. The number of carbonyl (C=O) groups excluding carboxylic acids is 1. The molecule has 1 N–H and O–H groups in total. The fraction of sp³-hybridized carbons (Fsp3) is 0.143. The van der Waals surface area contributed by atoms with E-state index in [2.05, 4.69) is 25.2 Å². The van der Waals surface area contributed by atoms with Crippen LogP contribution in [0, 0.1) is 0 Å². The summed E-state index contributed by atoms with van der Waals surface area (Å²) in [5.41, 5.74) is 3.68. The number of rotatable bonds is 7. The van der Waals surface area contributed by atoms with Gasteiger partial charge in [0.05, 0.1) is 38.5 Å². The van der Waals surface area contributed by atoms with Crippen molar-refractivity contribution in [3.8, 4) is 28.5 Å². The summed E-state index contributed by atoms with van der Waals surface area (Å²) in [7, 11) is 3.03. The van der Waals surface area contributed by atoms with Crippen LogP contribution in [0.5, 0.6) is 17.2 Å². The monoisotopic (exact) mass is 446 g/mol. The van der Waals surface area contributed by atoms with Gasteiger partial charge in [-0.3, -0.25) is 9.78 Å². The lowest BCUT2D eigenvalue weighted by Gasteiger charge is -2.09. The van der Waals surface area contributed by atoms with Gasteiger partial charge in [0, 0.05) is 17.2 Å². The summed E-state index contributed by atoms with van der Waals surface area (Å²) in [6.07, 6.45) is -0.762. The predicted molar refractivity (Wildman–Crippen MR) is 109 cm³/mol. The Hall–Kier alpha value is -4.15. The molecule has 1 aromatic heterocycles. The van der Waals surface area contributed by atoms with Crippen molar-refractivity contribution in [2.75, 3.05) is 14.2 Å². The van der Waals surface area contributed by atoms with E-state index >= 15 is 0 Å². The molecular weight excluding hydrogens is 429 g/mol. The first-order valence-corrected chi connectivity index (χ1v) is 9.02. The summed E-state index contributed by atoms with van der Waals surface area (Å²) in [6, 6.07) is 10.1. The fourth-order valence-corrected chi connectivity index (χ4v) is 2.57. The summed E-state index contributed by atoms with van der Waals surface area (Å²) in [5, 5.41) is 3.89. The molecule has 11 heteroatoms. The molecule has 0 saturated heterocycles. The lowest BCUT2D eigenvalue weighted by Crippen LogP contribution is -2.19. The number of halogens is 3. The number of carbonyl (C=O) groups is 1. The van der Waals surface area contributed by atoms with Gasteiger partial charge in [0.2, 0.25) is 0 Å². The van der Waals surface area contributed by atoms with Crippen molar-refractivity contribution in [1.29, 1.82) is 0 Å². The molecule has 0 bridgehead atoms. The molecule has 3 rings (SSSR count). The zero-order valence-corrected chi connectivity index (χ0v) is 16.9.